The number of nitrogens with zero attached hydrogens (tertiary/aromatic N) is 4. The van der Waals surface area contributed by atoms with Crippen LogP contribution in [0.2, 0.25) is 0 Å². The molecule has 0 fully saturated rings. The van der Waals surface area contributed by atoms with Crippen molar-refractivity contribution < 1.29 is 9.53 Å². The third kappa shape index (κ3) is 4.35. The summed E-state index contributed by atoms with van der Waals surface area (Å²) >= 11 is 0. The molecule has 0 aliphatic rings. The fourth-order valence-electron chi connectivity index (χ4n) is 3.04. The van der Waals surface area contributed by atoms with Crippen molar-refractivity contribution in [3.8, 4) is 11.4 Å². The van der Waals surface area contributed by atoms with Gasteiger partial charge < -0.3 is 10.1 Å². The van der Waals surface area contributed by atoms with E-state index >= 15 is 0 Å². The summed E-state index contributed by atoms with van der Waals surface area (Å²) in [5, 5.41) is 14.6. The van der Waals surface area contributed by atoms with Crippen LogP contribution in [0.15, 0.2) is 72.8 Å². The molecule has 150 valence electrons. The van der Waals surface area contributed by atoms with Crippen LogP contribution in [0.5, 0.6) is 5.75 Å². The number of nitrogens with one attached hydrogen (secondary N) is 1. The molecule has 0 atom stereocenters. The molecular formula is C23H21N5O2. The molecule has 4 rings (SSSR count). The molecule has 4 aromatic rings. The zero-order valence-electron chi connectivity index (χ0n) is 16.7. The minimum atomic E-state index is -0.219. The van der Waals surface area contributed by atoms with Crippen molar-refractivity contribution in [1.29, 1.82) is 0 Å². The molecule has 1 heterocycles. The Morgan fingerprint density at radius 3 is 2.60 bits per heavy atom. The molecule has 0 aliphatic carbocycles. The lowest BCUT2D eigenvalue weighted by Gasteiger charge is -2.11. The molecule has 0 saturated heterocycles. The van der Waals surface area contributed by atoms with E-state index in [0.29, 0.717) is 29.4 Å². The average molecular weight is 399 g/mol. The van der Waals surface area contributed by atoms with Crippen LogP contribution in [0.25, 0.3) is 5.69 Å². The van der Waals surface area contributed by atoms with E-state index in [1.807, 2.05) is 68.4 Å². The Bertz CT molecular complexity index is 1170. The number of anilines is 1. The van der Waals surface area contributed by atoms with Gasteiger partial charge in [0, 0.05) is 11.3 Å². The summed E-state index contributed by atoms with van der Waals surface area (Å²) in [4.78, 5) is 12.8. The molecular weight excluding hydrogens is 378 g/mol. The smallest absolute Gasteiger partial charge is 0.255 e. The molecule has 0 aliphatic heterocycles. The van der Waals surface area contributed by atoms with E-state index in [0.717, 1.165) is 16.8 Å². The third-order valence-corrected chi connectivity index (χ3v) is 4.67. The van der Waals surface area contributed by atoms with Gasteiger partial charge in [-0.2, -0.15) is 4.68 Å². The Labute approximate surface area is 174 Å². The molecule has 0 bridgehead atoms. The van der Waals surface area contributed by atoms with Crippen molar-refractivity contribution in [2.45, 2.75) is 20.5 Å². The van der Waals surface area contributed by atoms with Gasteiger partial charge in [0.2, 0.25) is 0 Å². The lowest BCUT2D eigenvalue weighted by atomic mass is 10.1. The second-order valence-electron chi connectivity index (χ2n) is 6.90. The summed E-state index contributed by atoms with van der Waals surface area (Å²) in [5.74, 6) is 1.09. The van der Waals surface area contributed by atoms with Crippen LogP contribution in [0.4, 0.5) is 5.69 Å². The van der Waals surface area contributed by atoms with E-state index in [4.69, 9.17) is 4.74 Å². The highest BCUT2D eigenvalue weighted by Crippen LogP contribution is 2.21. The summed E-state index contributed by atoms with van der Waals surface area (Å²) in [6.07, 6.45) is 0. The predicted octanol–water partition coefficient (Wildman–Crippen LogP) is 4.11. The number of amides is 1. The highest BCUT2D eigenvalue weighted by atomic mass is 16.5. The van der Waals surface area contributed by atoms with Gasteiger partial charge >= 0.3 is 0 Å². The second-order valence-corrected chi connectivity index (χ2v) is 6.90. The van der Waals surface area contributed by atoms with E-state index < -0.39 is 0 Å². The van der Waals surface area contributed by atoms with Crippen LogP contribution >= 0.6 is 0 Å². The lowest BCUT2D eigenvalue weighted by molar-refractivity contribution is 0.102. The fourth-order valence-corrected chi connectivity index (χ4v) is 3.04. The van der Waals surface area contributed by atoms with Crippen LogP contribution < -0.4 is 10.1 Å². The van der Waals surface area contributed by atoms with Crippen molar-refractivity contribution >= 4 is 11.6 Å². The quantitative estimate of drug-likeness (QED) is 0.528. The van der Waals surface area contributed by atoms with E-state index in [1.54, 1.807) is 22.9 Å². The number of benzene rings is 3. The van der Waals surface area contributed by atoms with Gasteiger partial charge in [-0.25, -0.2) is 0 Å². The van der Waals surface area contributed by atoms with Gasteiger partial charge in [-0.3, -0.25) is 4.79 Å². The minimum Gasteiger partial charge on any atom is -0.489 e. The SMILES string of the molecule is Cc1ccc(NC(=O)c2cccc(OCc3ccccc3)c2)cc1-n1nnnc1C. The number of rotatable bonds is 6. The molecule has 0 saturated carbocycles. The number of hydrogen-bond acceptors (Lipinski definition) is 5. The van der Waals surface area contributed by atoms with E-state index in [2.05, 4.69) is 20.8 Å². The van der Waals surface area contributed by atoms with Crippen LogP contribution in [0.3, 0.4) is 0 Å². The number of carbonyl (C=O) groups is 1. The van der Waals surface area contributed by atoms with Crippen molar-refractivity contribution in [3.63, 3.8) is 0 Å². The van der Waals surface area contributed by atoms with Crippen LogP contribution in [-0.4, -0.2) is 26.1 Å². The first-order chi connectivity index (χ1) is 14.6. The Morgan fingerprint density at radius 1 is 1.00 bits per heavy atom. The van der Waals surface area contributed by atoms with E-state index in [1.165, 1.54) is 0 Å². The first-order valence-electron chi connectivity index (χ1n) is 9.54. The van der Waals surface area contributed by atoms with Gasteiger partial charge in [0.1, 0.15) is 12.4 Å². The number of aromatic nitrogens is 4. The maximum atomic E-state index is 12.8. The monoisotopic (exact) mass is 399 g/mol. The first-order valence-corrected chi connectivity index (χ1v) is 9.54. The number of tetrazole rings is 1. The van der Waals surface area contributed by atoms with Crippen molar-refractivity contribution in [2.75, 3.05) is 5.32 Å². The summed E-state index contributed by atoms with van der Waals surface area (Å²) in [6, 6.07) is 22.7. The lowest BCUT2D eigenvalue weighted by Crippen LogP contribution is -2.13. The Balaban J connectivity index is 1.48. The summed E-state index contributed by atoms with van der Waals surface area (Å²) in [5.41, 5.74) is 4.06. The van der Waals surface area contributed by atoms with Gasteiger partial charge in [0.25, 0.3) is 5.91 Å². The van der Waals surface area contributed by atoms with Gasteiger partial charge in [0.05, 0.1) is 5.69 Å². The highest BCUT2D eigenvalue weighted by molar-refractivity contribution is 6.04. The minimum absolute atomic E-state index is 0.219. The van der Waals surface area contributed by atoms with Crippen molar-refractivity contribution in [1.82, 2.24) is 20.2 Å². The van der Waals surface area contributed by atoms with Gasteiger partial charge in [0.15, 0.2) is 5.82 Å². The summed E-state index contributed by atoms with van der Waals surface area (Å²) in [6.45, 7) is 4.24. The van der Waals surface area contributed by atoms with Crippen LogP contribution in [-0.2, 0) is 6.61 Å². The van der Waals surface area contributed by atoms with Gasteiger partial charge in [-0.15, -0.1) is 5.10 Å². The zero-order chi connectivity index (χ0) is 20.9. The molecule has 7 nitrogen and oxygen atoms in total. The largest absolute Gasteiger partial charge is 0.489 e. The number of carbonyl (C=O) groups excluding carboxylic acids is 1. The zero-order valence-corrected chi connectivity index (χ0v) is 16.7. The topological polar surface area (TPSA) is 81.9 Å². The standard InChI is InChI=1S/C23H21N5O2/c1-16-11-12-20(14-22(16)28-17(2)25-26-27-28)24-23(29)19-9-6-10-21(13-19)30-15-18-7-4-3-5-8-18/h3-14H,15H2,1-2H3,(H,24,29). The normalized spacial score (nSPS) is 10.6. The molecule has 1 amide bonds. The molecule has 0 radical (unpaired) electrons. The maximum absolute atomic E-state index is 12.8. The maximum Gasteiger partial charge on any atom is 0.255 e. The highest BCUT2D eigenvalue weighted by Gasteiger charge is 2.11. The Kier molecular flexibility index (Phi) is 5.52. The molecule has 1 aromatic heterocycles. The summed E-state index contributed by atoms with van der Waals surface area (Å²) in [7, 11) is 0. The Morgan fingerprint density at radius 2 is 1.83 bits per heavy atom. The third-order valence-electron chi connectivity index (χ3n) is 4.67. The van der Waals surface area contributed by atoms with Crippen LogP contribution in [0, 0.1) is 13.8 Å². The van der Waals surface area contributed by atoms with Gasteiger partial charge in [-0.05, 0) is 65.7 Å². The summed E-state index contributed by atoms with van der Waals surface area (Å²) < 4.78 is 7.47. The fraction of sp³-hybridized carbons (Fsp3) is 0.130. The predicted molar refractivity (Wildman–Crippen MR) is 114 cm³/mol. The van der Waals surface area contributed by atoms with Crippen LogP contribution in [0.1, 0.15) is 27.3 Å². The molecule has 0 spiro atoms. The molecule has 30 heavy (non-hydrogen) atoms. The second kappa shape index (κ2) is 8.57. The van der Waals surface area contributed by atoms with Crippen molar-refractivity contribution in [3.05, 3.63) is 95.3 Å². The average Bonchev–Trinajstić information content (AvgIpc) is 3.20. The molecule has 0 unspecified atom stereocenters. The molecule has 1 N–H and O–H groups in total. The number of aryl methyl sites for hydroxylation is 2. The Hall–Kier alpha value is -4.00. The first kappa shape index (κ1) is 19.3. The van der Waals surface area contributed by atoms with Gasteiger partial charge in [-0.1, -0.05) is 42.5 Å². The molecule has 7 heteroatoms. The number of ether oxygens (including phenoxy) is 1. The van der Waals surface area contributed by atoms with E-state index in [9.17, 15) is 4.79 Å². The molecule has 3 aromatic carbocycles. The van der Waals surface area contributed by atoms with Crippen molar-refractivity contribution in [2.24, 2.45) is 0 Å². The van der Waals surface area contributed by atoms with E-state index in [-0.39, 0.29) is 5.91 Å². The number of hydrogen-bond donors (Lipinski definition) is 1.